The van der Waals surface area contributed by atoms with Gasteiger partial charge in [0.1, 0.15) is 0 Å². The Balaban J connectivity index is 0.00000361. The summed E-state index contributed by atoms with van der Waals surface area (Å²) in [6.07, 6.45) is 0.192. The molecule has 6 heteroatoms. The highest BCUT2D eigenvalue weighted by Crippen LogP contribution is 2.12. The van der Waals surface area contributed by atoms with Crippen molar-refractivity contribution in [2.24, 2.45) is 11.7 Å². The summed E-state index contributed by atoms with van der Waals surface area (Å²) in [5.41, 5.74) is 6.85. The molecule has 0 heterocycles. The van der Waals surface area contributed by atoms with Gasteiger partial charge in [-0.25, -0.2) is 0 Å². The molecule has 112 valence electrons. The summed E-state index contributed by atoms with van der Waals surface area (Å²) in [5, 5.41) is 2.68. The van der Waals surface area contributed by atoms with E-state index in [0.717, 1.165) is 5.56 Å². The summed E-state index contributed by atoms with van der Waals surface area (Å²) in [6.45, 7) is 1.95. The van der Waals surface area contributed by atoms with Crippen LogP contribution in [-0.2, 0) is 14.3 Å². The van der Waals surface area contributed by atoms with E-state index in [0.29, 0.717) is 0 Å². The molecule has 0 spiro atoms. The van der Waals surface area contributed by atoms with Crippen LogP contribution in [-0.4, -0.2) is 25.5 Å². The molecule has 5 nitrogen and oxygen atoms in total. The third kappa shape index (κ3) is 6.04. The Morgan fingerprint density at radius 2 is 1.90 bits per heavy atom. The summed E-state index contributed by atoms with van der Waals surface area (Å²) in [4.78, 5) is 22.9. The fraction of sp³-hybridized carbons (Fsp3) is 0.429. The highest BCUT2D eigenvalue weighted by atomic mass is 35.5. The Hall–Kier alpha value is -1.59. The standard InChI is InChI=1S/C14H20N2O3.ClH/c1-10(14(18)19-2)9-16-13(17)8-12(15)11-6-4-3-5-7-11;/h3-7,10,12H,8-9,15H2,1-2H3,(H,16,17);1H. The van der Waals surface area contributed by atoms with E-state index in [1.807, 2.05) is 30.3 Å². The van der Waals surface area contributed by atoms with Crippen LogP contribution in [0.2, 0.25) is 0 Å². The van der Waals surface area contributed by atoms with Crippen LogP contribution < -0.4 is 11.1 Å². The van der Waals surface area contributed by atoms with Crippen LogP contribution in [0.25, 0.3) is 0 Å². The summed E-state index contributed by atoms with van der Waals surface area (Å²) in [5.74, 6) is -0.873. The normalized spacial score (nSPS) is 12.8. The zero-order chi connectivity index (χ0) is 14.3. The van der Waals surface area contributed by atoms with Crippen molar-refractivity contribution in [3.63, 3.8) is 0 Å². The molecule has 0 radical (unpaired) electrons. The van der Waals surface area contributed by atoms with Crippen LogP contribution in [0.1, 0.15) is 24.9 Å². The quantitative estimate of drug-likeness (QED) is 0.779. The van der Waals surface area contributed by atoms with Gasteiger partial charge in [0.25, 0.3) is 0 Å². The van der Waals surface area contributed by atoms with Crippen molar-refractivity contribution in [2.45, 2.75) is 19.4 Å². The smallest absolute Gasteiger partial charge is 0.310 e. The van der Waals surface area contributed by atoms with Gasteiger partial charge in [0.05, 0.1) is 13.0 Å². The van der Waals surface area contributed by atoms with Gasteiger partial charge in [0.2, 0.25) is 5.91 Å². The van der Waals surface area contributed by atoms with Crippen molar-refractivity contribution in [1.82, 2.24) is 5.32 Å². The topological polar surface area (TPSA) is 81.4 Å². The van der Waals surface area contributed by atoms with Crippen molar-refractivity contribution < 1.29 is 14.3 Å². The Kier molecular flexibility index (Phi) is 8.59. The zero-order valence-electron chi connectivity index (χ0n) is 11.7. The number of ether oxygens (including phenoxy) is 1. The SMILES string of the molecule is COC(=O)C(C)CNC(=O)CC(N)c1ccccc1.Cl. The second kappa shape index (κ2) is 9.34. The van der Waals surface area contributed by atoms with Crippen molar-refractivity contribution >= 4 is 24.3 Å². The Bertz CT molecular complexity index is 426. The molecule has 0 aromatic heterocycles. The maximum Gasteiger partial charge on any atom is 0.310 e. The lowest BCUT2D eigenvalue weighted by Crippen LogP contribution is -2.33. The molecule has 0 bridgehead atoms. The van der Waals surface area contributed by atoms with Crippen molar-refractivity contribution in [2.75, 3.05) is 13.7 Å². The molecule has 0 saturated carbocycles. The molecule has 1 rings (SSSR count). The number of nitrogens with two attached hydrogens (primary N) is 1. The van der Waals surface area contributed by atoms with Crippen LogP contribution in [0.15, 0.2) is 30.3 Å². The number of carbonyl (C=O) groups is 2. The lowest BCUT2D eigenvalue weighted by atomic mass is 10.0. The summed E-state index contributed by atoms with van der Waals surface area (Å²) in [7, 11) is 1.33. The first-order valence-electron chi connectivity index (χ1n) is 6.19. The molecule has 3 N–H and O–H groups in total. The monoisotopic (exact) mass is 300 g/mol. The van der Waals surface area contributed by atoms with E-state index in [-0.39, 0.29) is 49.2 Å². The predicted molar refractivity (Wildman–Crippen MR) is 79.4 cm³/mol. The van der Waals surface area contributed by atoms with Crippen LogP contribution >= 0.6 is 12.4 Å². The Labute approximate surface area is 125 Å². The third-order valence-electron chi connectivity index (χ3n) is 2.84. The maximum absolute atomic E-state index is 11.7. The first kappa shape index (κ1) is 18.4. The van der Waals surface area contributed by atoms with Crippen LogP contribution in [0.4, 0.5) is 0 Å². The van der Waals surface area contributed by atoms with Gasteiger partial charge in [0.15, 0.2) is 0 Å². The van der Waals surface area contributed by atoms with Crippen molar-refractivity contribution in [3.8, 4) is 0 Å². The predicted octanol–water partition coefficient (Wildman–Crippen LogP) is 1.42. The number of halogens is 1. The molecule has 0 fully saturated rings. The Morgan fingerprint density at radius 3 is 2.45 bits per heavy atom. The van der Waals surface area contributed by atoms with Crippen LogP contribution in [0.5, 0.6) is 0 Å². The van der Waals surface area contributed by atoms with Gasteiger partial charge in [-0.05, 0) is 5.56 Å². The number of hydrogen-bond acceptors (Lipinski definition) is 4. The van der Waals surface area contributed by atoms with Gasteiger partial charge in [0, 0.05) is 19.0 Å². The van der Waals surface area contributed by atoms with Gasteiger partial charge in [-0.3, -0.25) is 9.59 Å². The molecule has 2 unspecified atom stereocenters. The average Bonchev–Trinajstić information content (AvgIpc) is 2.44. The number of hydrogen-bond donors (Lipinski definition) is 2. The number of nitrogens with one attached hydrogen (secondary N) is 1. The number of amides is 1. The molecule has 0 saturated heterocycles. The van der Waals surface area contributed by atoms with E-state index in [1.54, 1.807) is 6.92 Å². The minimum absolute atomic E-state index is 0. The fourth-order valence-corrected chi connectivity index (χ4v) is 1.64. The number of esters is 1. The van der Waals surface area contributed by atoms with Gasteiger partial charge in [-0.15, -0.1) is 12.4 Å². The fourth-order valence-electron chi connectivity index (χ4n) is 1.64. The molecular weight excluding hydrogens is 280 g/mol. The first-order valence-corrected chi connectivity index (χ1v) is 6.19. The molecule has 1 aromatic carbocycles. The molecular formula is C14H21ClN2O3. The molecule has 1 aromatic rings. The minimum Gasteiger partial charge on any atom is -0.469 e. The van der Waals surface area contributed by atoms with E-state index in [9.17, 15) is 9.59 Å². The van der Waals surface area contributed by atoms with E-state index < -0.39 is 0 Å². The summed E-state index contributed by atoms with van der Waals surface area (Å²) >= 11 is 0. The molecule has 20 heavy (non-hydrogen) atoms. The van der Waals surface area contributed by atoms with Gasteiger partial charge >= 0.3 is 5.97 Å². The van der Waals surface area contributed by atoms with Crippen molar-refractivity contribution in [1.29, 1.82) is 0 Å². The number of carbonyl (C=O) groups excluding carboxylic acids is 2. The average molecular weight is 301 g/mol. The molecule has 0 aliphatic rings. The van der Waals surface area contributed by atoms with Gasteiger partial charge < -0.3 is 15.8 Å². The van der Waals surface area contributed by atoms with E-state index in [2.05, 4.69) is 10.1 Å². The molecule has 0 aliphatic heterocycles. The number of rotatable bonds is 6. The molecule has 1 amide bonds. The van der Waals surface area contributed by atoms with E-state index in [1.165, 1.54) is 7.11 Å². The molecule has 2 atom stereocenters. The first-order chi connectivity index (χ1) is 9.04. The van der Waals surface area contributed by atoms with Gasteiger partial charge in [-0.1, -0.05) is 37.3 Å². The second-order valence-electron chi connectivity index (χ2n) is 4.45. The largest absolute Gasteiger partial charge is 0.469 e. The van der Waals surface area contributed by atoms with Crippen molar-refractivity contribution in [3.05, 3.63) is 35.9 Å². The zero-order valence-corrected chi connectivity index (χ0v) is 12.5. The minimum atomic E-state index is -0.359. The van der Waals surface area contributed by atoms with Crippen LogP contribution in [0.3, 0.4) is 0 Å². The van der Waals surface area contributed by atoms with Crippen LogP contribution in [0, 0.1) is 5.92 Å². The maximum atomic E-state index is 11.7. The van der Waals surface area contributed by atoms with E-state index >= 15 is 0 Å². The Morgan fingerprint density at radius 1 is 1.30 bits per heavy atom. The lowest BCUT2D eigenvalue weighted by Gasteiger charge is -2.14. The molecule has 0 aliphatic carbocycles. The number of benzene rings is 1. The highest BCUT2D eigenvalue weighted by Gasteiger charge is 2.16. The number of methoxy groups -OCH3 is 1. The second-order valence-corrected chi connectivity index (χ2v) is 4.45. The third-order valence-corrected chi connectivity index (χ3v) is 2.84. The highest BCUT2D eigenvalue weighted by molar-refractivity contribution is 5.85. The van der Waals surface area contributed by atoms with E-state index in [4.69, 9.17) is 5.73 Å². The lowest BCUT2D eigenvalue weighted by molar-refractivity contribution is -0.144. The summed E-state index contributed by atoms with van der Waals surface area (Å²) in [6, 6.07) is 9.09. The van der Waals surface area contributed by atoms with Gasteiger partial charge in [-0.2, -0.15) is 0 Å². The summed E-state index contributed by atoms with van der Waals surface area (Å²) < 4.78 is 4.58.